The third-order valence-electron chi connectivity index (χ3n) is 6.78. The van der Waals surface area contributed by atoms with Crippen molar-refractivity contribution in [3.63, 3.8) is 0 Å². The summed E-state index contributed by atoms with van der Waals surface area (Å²) in [6, 6.07) is 16.0. The van der Waals surface area contributed by atoms with E-state index in [2.05, 4.69) is 15.2 Å². The lowest BCUT2D eigenvalue weighted by Crippen LogP contribution is -2.38. The van der Waals surface area contributed by atoms with Gasteiger partial charge in [0.05, 0.1) is 18.0 Å². The molecule has 0 saturated carbocycles. The summed E-state index contributed by atoms with van der Waals surface area (Å²) in [5.74, 6) is -1.82. The highest BCUT2D eigenvalue weighted by atomic mass is 19.4. The van der Waals surface area contributed by atoms with Gasteiger partial charge in [0, 0.05) is 23.3 Å². The molecule has 0 amide bonds. The van der Waals surface area contributed by atoms with Gasteiger partial charge in [-0.05, 0) is 48.0 Å². The van der Waals surface area contributed by atoms with Crippen molar-refractivity contribution in [2.45, 2.75) is 37.8 Å². The van der Waals surface area contributed by atoms with Gasteiger partial charge in [0.15, 0.2) is 0 Å². The summed E-state index contributed by atoms with van der Waals surface area (Å²) in [7, 11) is 0. The van der Waals surface area contributed by atoms with Crippen molar-refractivity contribution in [3.05, 3.63) is 120 Å². The van der Waals surface area contributed by atoms with E-state index in [1.807, 2.05) is 0 Å². The number of hydrogen-bond acceptors (Lipinski definition) is 6. The van der Waals surface area contributed by atoms with Crippen molar-refractivity contribution >= 4 is 0 Å². The first-order valence-corrected chi connectivity index (χ1v) is 12.4. The summed E-state index contributed by atoms with van der Waals surface area (Å²) >= 11 is 0. The summed E-state index contributed by atoms with van der Waals surface area (Å²) in [5, 5.41) is 19.9. The third-order valence-corrected chi connectivity index (χ3v) is 6.78. The zero-order chi connectivity index (χ0) is 29.2. The quantitative estimate of drug-likeness (QED) is 0.204. The zero-order valence-corrected chi connectivity index (χ0v) is 21.5. The van der Waals surface area contributed by atoms with Crippen molar-refractivity contribution < 1.29 is 36.3 Å². The highest BCUT2D eigenvalue weighted by Crippen LogP contribution is 2.40. The molecule has 5 rings (SSSR count). The van der Waals surface area contributed by atoms with E-state index in [1.54, 1.807) is 37.3 Å². The number of rotatable bonds is 9. The van der Waals surface area contributed by atoms with E-state index < -0.39 is 34.9 Å². The molecule has 0 spiro atoms. The average molecular weight is 571 g/mol. The Kier molecular flexibility index (Phi) is 7.59. The topological polar surface area (TPSA) is 86.2 Å². The SMILES string of the molecule is C[C@@H](c1cc(-c2ccc(OCc3ccc(C(F)(F)F)cc3)cc2)no1)[C@](O)(Cn1cncn1)c1ccc(F)cc1F. The lowest BCUT2D eigenvalue weighted by Gasteiger charge is -2.33. The number of nitrogens with zero attached hydrogens (tertiary/aromatic N) is 4. The predicted octanol–water partition coefficient (Wildman–Crippen LogP) is 6.50. The van der Waals surface area contributed by atoms with Crippen LogP contribution in [0, 0.1) is 11.6 Å². The second kappa shape index (κ2) is 11.1. The molecular formula is C29H23F5N4O3. The molecule has 0 bridgehead atoms. The van der Waals surface area contributed by atoms with Crippen LogP contribution in [0.1, 0.15) is 35.3 Å². The van der Waals surface area contributed by atoms with Crippen LogP contribution >= 0.6 is 0 Å². The summed E-state index contributed by atoms with van der Waals surface area (Å²) < 4.78 is 79.3. The lowest BCUT2D eigenvalue weighted by molar-refractivity contribution is -0.137. The molecule has 41 heavy (non-hydrogen) atoms. The van der Waals surface area contributed by atoms with Crippen LogP contribution in [0.2, 0.25) is 0 Å². The Morgan fingerprint density at radius 3 is 2.34 bits per heavy atom. The highest BCUT2D eigenvalue weighted by Gasteiger charge is 2.42. The van der Waals surface area contributed by atoms with Gasteiger partial charge in [-0.25, -0.2) is 18.4 Å². The molecule has 0 aliphatic carbocycles. The van der Waals surface area contributed by atoms with Crippen LogP contribution in [0.15, 0.2) is 90.0 Å². The Labute approximate surface area is 230 Å². The van der Waals surface area contributed by atoms with Crippen molar-refractivity contribution in [1.29, 1.82) is 0 Å². The Hall–Kier alpha value is -4.58. The third kappa shape index (κ3) is 6.12. The van der Waals surface area contributed by atoms with Crippen LogP contribution in [0.5, 0.6) is 5.75 Å². The van der Waals surface area contributed by atoms with E-state index in [0.717, 1.165) is 18.2 Å². The molecule has 2 aromatic heterocycles. The van der Waals surface area contributed by atoms with Crippen LogP contribution in [-0.4, -0.2) is 25.0 Å². The van der Waals surface area contributed by atoms with Crippen molar-refractivity contribution in [2.24, 2.45) is 0 Å². The van der Waals surface area contributed by atoms with Gasteiger partial charge >= 0.3 is 6.18 Å². The number of alkyl halides is 3. The molecule has 0 unspecified atom stereocenters. The fourth-order valence-electron chi connectivity index (χ4n) is 4.40. The monoisotopic (exact) mass is 570 g/mol. The molecule has 0 radical (unpaired) electrons. The van der Waals surface area contributed by atoms with Crippen molar-refractivity contribution in [1.82, 2.24) is 19.9 Å². The minimum atomic E-state index is -4.40. The fourth-order valence-corrected chi connectivity index (χ4v) is 4.40. The van der Waals surface area contributed by atoms with Crippen LogP contribution in [0.3, 0.4) is 0 Å². The van der Waals surface area contributed by atoms with Gasteiger partial charge in [0.25, 0.3) is 0 Å². The van der Waals surface area contributed by atoms with Gasteiger partial charge in [-0.3, -0.25) is 0 Å². The van der Waals surface area contributed by atoms with Gasteiger partial charge < -0.3 is 14.4 Å². The number of aliphatic hydroxyl groups is 1. The van der Waals surface area contributed by atoms with Crippen LogP contribution in [0.25, 0.3) is 11.3 Å². The van der Waals surface area contributed by atoms with Crippen LogP contribution in [-0.2, 0) is 24.9 Å². The molecule has 212 valence electrons. The van der Waals surface area contributed by atoms with Gasteiger partial charge in [0.1, 0.15) is 53.7 Å². The number of halogens is 5. The molecule has 0 fully saturated rings. The first-order valence-electron chi connectivity index (χ1n) is 12.4. The minimum absolute atomic E-state index is 0.0768. The van der Waals surface area contributed by atoms with Crippen LogP contribution in [0.4, 0.5) is 22.0 Å². The summed E-state index contributed by atoms with van der Waals surface area (Å²) in [5.41, 5.74) is -1.11. The van der Waals surface area contributed by atoms with E-state index in [1.165, 1.54) is 35.5 Å². The predicted molar refractivity (Wildman–Crippen MR) is 136 cm³/mol. The van der Waals surface area contributed by atoms with E-state index >= 15 is 0 Å². The average Bonchev–Trinajstić information content (AvgIpc) is 3.64. The van der Waals surface area contributed by atoms with Gasteiger partial charge in [-0.2, -0.15) is 18.3 Å². The molecule has 3 aromatic carbocycles. The van der Waals surface area contributed by atoms with Crippen molar-refractivity contribution in [3.8, 4) is 17.0 Å². The molecule has 0 aliphatic heterocycles. The largest absolute Gasteiger partial charge is 0.489 e. The summed E-state index contributed by atoms with van der Waals surface area (Å²) in [6.45, 7) is 1.51. The smallest absolute Gasteiger partial charge is 0.416 e. The number of ether oxygens (including phenoxy) is 1. The molecule has 0 aliphatic rings. The van der Waals surface area contributed by atoms with Gasteiger partial charge in [-0.15, -0.1) is 0 Å². The first-order chi connectivity index (χ1) is 19.5. The molecule has 2 atom stereocenters. The molecule has 1 N–H and O–H groups in total. The Bertz CT molecular complexity index is 1600. The van der Waals surface area contributed by atoms with E-state index in [0.29, 0.717) is 28.6 Å². The number of hydrogen-bond donors (Lipinski definition) is 1. The van der Waals surface area contributed by atoms with E-state index in [9.17, 15) is 27.1 Å². The lowest BCUT2D eigenvalue weighted by atomic mass is 9.80. The standard InChI is InChI=1S/C29H23F5N4O3/c1-18(28(39,15-38-17-35-16-36-38)24-11-8-22(30)12-25(24)31)27-13-26(37-41-27)20-4-9-23(10-5-20)40-14-19-2-6-21(7-3-19)29(32,33)34/h2-13,16-18,39H,14-15H2,1H3/t18-,28+/m0/s1. The molecule has 2 heterocycles. The van der Waals surface area contributed by atoms with Gasteiger partial charge in [0.2, 0.25) is 0 Å². The Morgan fingerprint density at radius 2 is 1.71 bits per heavy atom. The Morgan fingerprint density at radius 1 is 0.976 bits per heavy atom. The molecule has 5 aromatic rings. The molecule has 12 heteroatoms. The normalized spacial score (nSPS) is 14.0. The number of benzene rings is 3. The maximum absolute atomic E-state index is 14.8. The number of aromatic nitrogens is 4. The Balaban J connectivity index is 1.32. The molecule has 0 saturated heterocycles. The first kappa shape index (κ1) is 28.0. The maximum Gasteiger partial charge on any atom is 0.416 e. The van der Waals surface area contributed by atoms with Crippen LogP contribution < -0.4 is 4.74 Å². The molecule has 7 nitrogen and oxygen atoms in total. The zero-order valence-electron chi connectivity index (χ0n) is 21.5. The van der Waals surface area contributed by atoms with E-state index in [4.69, 9.17) is 9.26 Å². The highest BCUT2D eigenvalue weighted by molar-refractivity contribution is 5.60. The fraction of sp³-hybridized carbons (Fsp3) is 0.207. The summed E-state index contributed by atoms with van der Waals surface area (Å²) in [6.07, 6.45) is -1.76. The van der Waals surface area contributed by atoms with Crippen molar-refractivity contribution in [2.75, 3.05) is 0 Å². The summed E-state index contributed by atoms with van der Waals surface area (Å²) in [4.78, 5) is 3.86. The minimum Gasteiger partial charge on any atom is -0.489 e. The van der Waals surface area contributed by atoms with Gasteiger partial charge in [-0.1, -0.05) is 30.3 Å². The second-order valence-electron chi connectivity index (χ2n) is 9.49. The maximum atomic E-state index is 14.8. The molecular weight excluding hydrogens is 547 g/mol. The van der Waals surface area contributed by atoms with E-state index in [-0.39, 0.29) is 24.5 Å². The second-order valence-corrected chi connectivity index (χ2v) is 9.49.